The van der Waals surface area contributed by atoms with Gasteiger partial charge < -0.3 is 5.73 Å². The first kappa shape index (κ1) is 16.7. The molecule has 0 fully saturated rings. The summed E-state index contributed by atoms with van der Waals surface area (Å²) < 4.78 is 15.1. The molecule has 3 aromatic rings. The van der Waals surface area contributed by atoms with Gasteiger partial charge in [0.25, 0.3) is 5.56 Å². The molecule has 8 heteroatoms. The number of halogens is 2. The Bertz CT molecular complexity index is 1010. The summed E-state index contributed by atoms with van der Waals surface area (Å²) in [5.74, 6) is -0.617. The molecule has 0 aliphatic carbocycles. The second kappa shape index (κ2) is 6.41. The number of thioether (sulfide) groups is 1. The molecule has 24 heavy (non-hydrogen) atoms. The second-order valence-electron chi connectivity index (χ2n) is 5.10. The standard InChI is InChI=1S/C16H14ClFN4OS/c1-3-22-14-8(7-20-16(21-14)24-2)4-10(15(22)23)9-5-13(19)12(18)6-11(9)17/h4-7H,3,19H2,1-2H3. The van der Waals surface area contributed by atoms with Crippen LogP contribution in [-0.2, 0) is 6.54 Å². The zero-order valence-corrected chi connectivity index (χ0v) is 14.6. The van der Waals surface area contributed by atoms with Gasteiger partial charge in [0, 0.05) is 29.3 Å². The zero-order valence-electron chi connectivity index (χ0n) is 13.0. The van der Waals surface area contributed by atoms with Crippen molar-refractivity contribution in [1.82, 2.24) is 14.5 Å². The number of aromatic nitrogens is 3. The molecule has 0 atom stereocenters. The number of aryl methyl sites for hydroxylation is 1. The van der Waals surface area contributed by atoms with Crippen LogP contribution in [-0.4, -0.2) is 20.8 Å². The quantitative estimate of drug-likeness (QED) is 0.437. The third kappa shape index (κ3) is 2.74. The van der Waals surface area contributed by atoms with Gasteiger partial charge in [-0.05, 0) is 31.4 Å². The van der Waals surface area contributed by atoms with E-state index in [9.17, 15) is 9.18 Å². The fourth-order valence-corrected chi connectivity index (χ4v) is 3.09. The lowest BCUT2D eigenvalue weighted by molar-refractivity contribution is 0.633. The number of nitrogens with zero attached hydrogens (tertiary/aromatic N) is 3. The van der Waals surface area contributed by atoms with Crippen LogP contribution in [0.5, 0.6) is 0 Å². The lowest BCUT2D eigenvalue weighted by Crippen LogP contribution is -2.22. The van der Waals surface area contributed by atoms with E-state index < -0.39 is 5.82 Å². The van der Waals surface area contributed by atoms with Crippen molar-refractivity contribution in [3.05, 3.63) is 45.6 Å². The second-order valence-corrected chi connectivity index (χ2v) is 6.28. The van der Waals surface area contributed by atoms with E-state index in [-0.39, 0.29) is 16.3 Å². The molecule has 0 unspecified atom stereocenters. The number of hydrogen-bond acceptors (Lipinski definition) is 5. The number of benzene rings is 1. The number of nitrogen functional groups attached to an aromatic ring is 1. The summed E-state index contributed by atoms with van der Waals surface area (Å²) in [6.45, 7) is 2.29. The zero-order chi connectivity index (χ0) is 17.4. The number of pyridine rings is 1. The highest BCUT2D eigenvalue weighted by Gasteiger charge is 2.16. The third-order valence-corrected chi connectivity index (χ3v) is 4.55. The van der Waals surface area contributed by atoms with Crippen LogP contribution >= 0.6 is 23.4 Å². The fourth-order valence-electron chi connectivity index (χ4n) is 2.50. The van der Waals surface area contributed by atoms with Crippen molar-refractivity contribution in [2.45, 2.75) is 18.6 Å². The summed E-state index contributed by atoms with van der Waals surface area (Å²) in [7, 11) is 0. The van der Waals surface area contributed by atoms with Crippen molar-refractivity contribution < 1.29 is 4.39 Å². The minimum atomic E-state index is -0.617. The molecule has 5 nitrogen and oxygen atoms in total. The molecule has 0 saturated heterocycles. The Balaban J connectivity index is 2.36. The summed E-state index contributed by atoms with van der Waals surface area (Å²) in [5.41, 5.74) is 6.58. The van der Waals surface area contributed by atoms with E-state index in [1.165, 1.54) is 17.8 Å². The van der Waals surface area contributed by atoms with Crippen LogP contribution in [0.15, 0.2) is 34.3 Å². The van der Waals surface area contributed by atoms with Gasteiger partial charge in [0.1, 0.15) is 11.5 Å². The van der Waals surface area contributed by atoms with Crippen LogP contribution in [0.3, 0.4) is 0 Å². The van der Waals surface area contributed by atoms with Crippen molar-refractivity contribution in [2.24, 2.45) is 0 Å². The van der Waals surface area contributed by atoms with Gasteiger partial charge in [0.15, 0.2) is 5.16 Å². The van der Waals surface area contributed by atoms with Crippen LogP contribution in [0, 0.1) is 5.82 Å². The molecule has 0 spiro atoms. The van der Waals surface area contributed by atoms with Gasteiger partial charge >= 0.3 is 0 Å². The van der Waals surface area contributed by atoms with E-state index >= 15 is 0 Å². The summed E-state index contributed by atoms with van der Waals surface area (Å²) in [5, 5.41) is 1.41. The molecular formula is C16H14ClFN4OS. The SMILES string of the molecule is CCn1c(=O)c(-c2cc(N)c(F)cc2Cl)cc2cnc(SC)nc21. The van der Waals surface area contributed by atoms with Crippen molar-refractivity contribution in [3.63, 3.8) is 0 Å². The molecule has 2 heterocycles. The van der Waals surface area contributed by atoms with Crippen LogP contribution < -0.4 is 11.3 Å². The lowest BCUT2D eigenvalue weighted by Gasteiger charge is -2.12. The van der Waals surface area contributed by atoms with E-state index in [0.29, 0.717) is 33.9 Å². The maximum absolute atomic E-state index is 13.5. The topological polar surface area (TPSA) is 73.8 Å². The highest BCUT2D eigenvalue weighted by atomic mass is 35.5. The van der Waals surface area contributed by atoms with E-state index in [1.54, 1.807) is 16.8 Å². The summed E-state index contributed by atoms with van der Waals surface area (Å²) >= 11 is 7.52. The molecule has 0 bridgehead atoms. The van der Waals surface area contributed by atoms with Crippen molar-refractivity contribution in [1.29, 1.82) is 0 Å². The van der Waals surface area contributed by atoms with Gasteiger partial charge in [0.05, 0.1) is 10.7 Å². The van der Waals surface area contributed by atoms with Gasteiger partial charge in [0.2, 0.25) is 0 Å². The molecule has 0 radical (unpaired) electrons. The summed E-state index contributed by atoms with van der Waals surface area (Å²) in [6.07, 6.45) is 3.52. The maximum atomic E-state index is 13.5. The Morgan fingerprint density at radius 2 is 2.08 bits per heavy atom. The number of rotatable bonds is 3. The molecule has 1 aromatic carbocycles. The van der Waals surface area contributed by atoms with E-state index in [2.05, 4.69) is 9.97 Å². The molecule has 2 aromatic heterocycles. The first-order valence-corrected chi connectivity index (χ1v) is 8.76. The van der Waals surface area contributed by atoms with Crippen molar-refractivity contribution in [2.75, 3.05) is 12.0 Å². The van der Waals surface area contributed by atoms with E-state index in [4.69, 9.17) is 17.3 Å². The number of anilines is 1. The minimum absolute atomic E-state index is 0.0640. The summed E-state index contributed by atoms with van der Waals surface area (Å²) in [6, 6.07) is 4.14. The molecule has 3 rings (SSSR count). The first-order valence-electron chi connectivity index (χ1n) is 7.15. The molecule has 2 N–H and O–H groups in total. The Kier molecular flexibility index (Phi) is 4.47. The van der Waals surface area contributed by atoms with Crippen molar-refractivity contribution >= 4 is 40.1 Å². The predicted molar refractivity (Wildman–Crippen MR) is 96.1 cm³/mol. The Hall–Kier alpha value is -2.12. The van der Waals surface area contributed by atoms with E-state index in [0.717, 1.165) is 6.07 Å². The Morgan fingerprint density at radius 3 is 2.75 bits per heavy atom. The van der Waals surface area contributed by atoms with Gasteiger partial charge in [-0.3, -0.25) is 9.36 Å². The molecule has 0 aliphatic heterocycles. The van der Waals surface area contributed by atoms with Crippen LogP contribution in [0.4, 0.5) is 10.1 Å². The average molecular weight is 365 g/mol. The molecule has 0 saturated carbocycles. The Labute approximate surface area is 146 Å². The average Bonchev–Trinajstić information content (AvgIpc) is 2.57. The number of fused-ring (bicyclic) bond motifs is 1. The number of nitrogens with two attached hydrogens (primary N) is 1. The van der Waals surface area contributed by atoms with Gasteiger partial charge in [-0.1, -0.05) is 23.4 Å². The van der Waals surface area contributed by atoms with E-state index in [1.807, 2.05) is 13.2 Å². The molecular weight excluding hydrogens is 351 g/mol. The lowest BCUT2D eigenvalue weighted by atomic mass is 10.0. The third-order valence-electron chi connectivity index (χ3n) is 3.68. The van der Waals surface area contributed by atoms with Gasteiger partial charge in [-0.25, -0.2) is 14.4 Å². The predicted octanol–water partition coefficient (Wildman–Crippen LogP) is 3.58. The highest BCUT2D eigenvalue weighted by Crippen LogP contribution is 2.31. The maximum Gasteiger partial charge on any atom is 0.260 e. The Morgan fingerprint density at radius 1 is 1.33 bits per heavy atom. The molecule has 0 amide bonds. The largest absolute Gasteiger partial charge is 0.396 e. The molecule has 124 valence electrons. The monoisotopic (exact) mass is 364 g/mol. The van der Waals surface area contributed by atoms with Gasteiger partial charge in [-0.2, -0.15) is 0 Å². The van der Waals surface area contributed by atoms with Crippen LogP contribution in [0.25, 0.3) is 22.2 Å². The number of hydrogen-bond donors (Lipinski definition) is 1. The first-order chi connectivity index (χ1) is 11.5. The van der Waals surface area contributed by atoms with Crippen LogP contribution in [0.1, 0.15) is 6.92 Å². The highest BCUT2D eigenvalue weighted by molar-refractivity contribution is 7.98. The summed E-state index contributed by atoms with van der Waals surface area (Å²) in [4.78, 5) is 21.5. The fraction of sp³-hybridized carbons (Fsp3) is 0.188. The molecule has 0 aliphatic rings. The van der Waals surface area contributed by atoms with Crippen LogP contribution in [0.2, 0.25) is 5.02 Å². The smallest absolute Gasteiger partial charge is 0.260 e. The van der Waals surface area contributed by atoms with Crippen molar-refractivity contribution in [3.8, 4) is 11.1 Å². The van der Waals surface area contributed by atoms with Gasteiger partial charge in [-0.15, -0.1) is 0 Å². The normalized spacial score (nSPS) is 11.2. The minimum Gasteiger partial charge on any atom is -0.396 e.